The van der Waals surface area contributed by atoms with Crippen LogP contribution in [0, 0.1) is 0 Å². The number of anilines is 1. The molecule has 2 rings (SSSR count). The number of hydrogen-bond acceptors (Lipinski definition) is 3. The Hall–Kier alpha value is -1.24. The molecular formula is C13H17ClF2N2O2. The first kappa shape index (κ1) is 16.8. The predicted molar refractivity (Wildman–Crippen MR) is 74.4 cm³/mol. The number of carbonyl (C=O) groups is 1. The lowest BCUT2D eigenvalue weighted by molar-refractivity contribution is -0.118. The zero-order valence-electron chi connectivity index (χ0n) is 11.0. The van der Waals surface area contributed by atoms with E-state index in [0.29, 0.717) is 12.3 Å². The Labute approximate surface area is 122 Å². The van der Waals surface area contributed by atoms with Gasteiger partial charge in [-0.05, 0) is 17.7 Å². The van der Waals surface area contributed by atoms with Gasteiger partial charge in [0.2, 0.25) is 5.91 Å². The Morgan fingerprint density at radius 1 is 1.55 bits per heavy atom. The Bertz CT molecular complexity index is 471. The van der Waals surface area contributed by atoms with Gasteiger partial charge in [-0.2, -0.15) is 0 Å². The van der Waals surface area contributed by atoms with E-state index in [1.807, 2.05) is 6.07 Å². The van der Waals surface area contributed by atoms with E-state index < -0.39 is 30.8 Å². The molecule has 20 heavy (non-hydrogen) atoms. The second-order valence-electron chi connectivity index (χ2n) is 4.62. The molecule has 0 saturated carbocycles. The van der Waals surface area contributed by atoms with Gasteiger partial charge >= 0.3 is 0 Å². The van der Waals surface area contributed by atoms with Crippen LogP contribution in [0.15, 0.2) is 24.3 Å². The van der Waals surface area contributed by atoms with Gasteiger partial charge in [-0.3, -0.25) is 10.1 Å². The summed E-state index contributed by atoms with van der Waals surface area (Å²) in [6.45, 7) is -0.0156. The number of nitrogens with one attached hydrogen (secondary N) is 2. The maximum Gasteiger partial charge on any atom is 0.262 e. The smallest absolute Gasteiger partial charge is 0.262 e. The van der Waals surface area contributed by atoms with Crippen LogP contribution >= 0.6 is 12.4 Å². The molecule has 1 amide bonds. The lowest BCUT2D eigenvalue weighted by atomic mass is 10.1. The van der Waals surface area contributed by atoms with Crippen LogP contribution in [0.1, 0.15) is 12.0 Å². The van der Waals surface area contributed by atoms with Gasteiger partial charge in [0.05, 0.1) is 19.2 Å². The molecule has 0 aromatic heterocycles. The molecule has 1 atom stereocenters. The summed E-state index contributed by atoms with van der Waals surface area (Å²) in [5.41, 5.74) is 1.49. The highest BCUT2D eigenvalue weighted by Gasteiger charge is 2.42. The van der Waals surface area contributed by atoms with Gasteiger partial charge in [0.25, 0.3) is 5.92 Å². The summed E-state index contributed by atoms with van der Waals surface area (Å²) in [5.74, 6) is -3.24. The number of alkyl halides is 2. The molecule has 0 radical (unpaired) electrons. The zero-order chi connectivity index (χ0) is 13.9. The van der Waals surface area contributed by atoms with Crippen LogP contribution in [-0.2, 0) is 16.1 Å². The second kappa shape index (κ2) is 6.97. The van der Waals surface area contributed by atoms with Crippen LogP contribution in [0.2, 0.25) is 0 Å². The molecule has 1 aromatic carbocycles. The Morgan fingerprint density at radius 2 is 2.30 bits per heavy atom. The molecule has 1 heterocycles. The van der Waals surface area contributed by atoms with E-state index in [-0.39, 0.29) is 12.4 Å². The van der Waals surface area contributed by atoms with Gasteiger partial charge < -0.3 is 10.1 Å². The molecule has 1 saturated heterocycles. The van der Waals surface area contributed by atoms with Crippen LogP contribution in [0.5, 0.6) is 0 Å². The highest BCUT2D eigenvalue weighted by atomic mass is 35.5. The first-order valence-corrected chi connectivity index (χ1v) is 6.00. The molecule has 0 bridgehead atoms. The molecule has 7 heteroatoms. The third-order valence-electron chi connectivity index (χ3n) is 2.93. The summed E-state index contributed by atoms with van der Waals surface area (Å²) in [5, 5.41) is 5.15. The van der Waals surface area contributed by atoms with Crippen molar-refractivity contribution in [2.24, 2.45) is 0 Å². The van der Waals surface area contributed by atoms with E-state index in [0.717, 1.165) is 5.56 Å². The summed E-state index contributed by atoms with van der Waals surface area (Å²) in [7, 11) is 1.58. The Morgan fingerprint density at radius 3 is 2.90 bits per heavy atom. The molecule has 1 aromatic rings. The molecule has 1 aliphatic heterocycles. The van der Waals surface area contributed by atoms with E-state index in [2.05, 4.69) is 10.6 Å². The lowest BCUT2D eigenvalue weighted by Gasteiger charge is -2.12. The molecule has 2 N–H and O–H groups in total. The number of benzene rings is 1. The molecule has 1 aliphatic rings. The van der Waals surface area contributed by atoms with Crippen molar-refractivity contribution >= 4 is 24.0 Å². The molecule has 112 valence electrons. The maximum atomic E-state index is 13.0. The van der Waals surface area contributed by atoms with Gasteiger partial charge in [0, 0.05) is 19.2 Å². The SMILES string of the molecule is COCc1cccc(NC(=O)C2CC(F)(F)CN2)c1.Cl. The van der Waals surface area contributed by atoms with Crippen LogP contribution in [-0.4, -0.2) is 31.5 Å². The van der Waals surface area contributed by atoms with Crippen LogP contribution in [0.25, 0.3) is 0 Å². The first-order chi connectivity index (χ1) is 9.00. The van der Waals surface area contributed by atoms with Crippen molar-refractivity contribution in [2.75, 3.05) is 19.0 Å². The minimum absolute atomic E-state index is 0. The number of amides is 1. The van der Waals surface area contributed by atoms with E-state index >= 15 is 0 Å². The van der Waals surface area contributed by atoms with E-state index in [9.17, 15) is 13.6 Å². The Kier molecular flexibility index (Phi) is 5.86. The average molecular weight is 307 g/mol. The second-order valence-corrected chi connectivity index (χ2v) is 4.62. The highest BCUT2D eigenvalue weighted by molar-refractivity contribution is 5.95. The normalized spacial score (nSPS) is 20.2. The number of methoxy groups -OCH3 is 1. The van der Waals surface area contributed by atoms with Gasteiger partial charge in [-0.1, -0.05) is 12.1 Å². The average Bonchev–Trinajstić information content (AvgIpc) is 2.71. The largest absolute Gasteiger partial charge is 0.380 e. The highest BCUT2D eigenvalue weighted by Crippen LogP contribution is 2.25. The van der Waals surface area contributed by atoms with E-state index in [4.69, 9.17) is 4.74 Å². The monoisotopic (exact) mass is 306 g/mol. The Balaban J connectivity index is 0.00000200. The van der Waals surface area contributed by atoms with Crippen LogP contribution in [0.4, 0.5) is 14.5 Å². The molecule has 0 spiro atoms. The van der Waals surface area contributed by atoms with Crippen molar-refractivity contribution in [1.82, 2.24) is 5.32 Å². The van der Waals surface area contributed by atoms with Crippen molar-refractivity contribution in [2.45, 2.75) is 25.0 Å². The fraction of sp³-hybridized carbons (Fsp3) is 0.462. The van der Waals surface area contributed by atoms with E-state index in [1.54, 1.807) is 25.3 Å². The number of ether oxygens (including phenoxy) is 1. The minimum Gasteiger partial charge on any atom is -0.380 e. The summed E-state index contributed by atoms with van der Waals surface area (Å²) >= 11 is 0. The van der Waals surface area contributed by atoms with Crippen molar-refractivity contribution in [3.05, 3.63) is 29.8 Å². The molecule has 4 nitrogen and oxygen atoms in total. The maximum absolute atomic E-state index is 13.0. The minimum atomic E-state index is -2.81. The molecule has 0 aliphatic carbocycles. The van der Waals surface area contributed by atoms with Crippen LogP contribution in [0.3, 0.4) is 0 Å². The zero-order valence-corrected chi connectivity index (χ0v) is 11.8. The van der Waals surface area contributed by atoms with E-state index in [1.165, 1.54) is 0 Å². The number of carbonyl (C=O) groups excluding carboxylic acids is 1. The van der Waals surface area contributed by atoms with Crippen molar-refractivity contribution in [3.63, 3.8) is 0 Å². The first-order valence-electron chi connectivity index (χ1n) is 6.00. The fourth-order valence-corrected chi connectivity index (χ4v) is 2.04. The molecule has 1 unspecified atom stereocenters. The van der Waals surface area contributed by atoms with Gasteiger partial charge in [0.1, 0.15) is 0 Å². The van der Waals surface area contributed by atoms with Crippen LogP contribution < -0.4 is 10.6 Å². The quantitative estimate of drug-likeness (QED) is 0.896. The van der Waals surface area contributed by atoms with Gasteiger partial charge in [-0.15, -0.1) is 12.4 Å². The fourth-order valence-electron chi connectivity index (χ4n) is 2.04. The summed E-state index contributed by atoms with van der Waals surface area (Å²) in [6.07, 6.45) is -0.462. The number of hydrogen-bond donors (Lipinski definition) is 2. The molecule has 1 fully saturated rings. The number of rotatable bonds is 4. The third-order valence-corrected chi connectivity index (χ3v) is 2.93. The number of halogens is 3. The summed E-state index contributed by atoms with van der Waals surface area (Å²) in [6, 6.07) is 6.27. The predicted octanol–water partition coefficient (Wildman–Crippen LogP) is 2.19. The summed E-state index contributed by atoms with van der Waals surface area (Å²) in [4.78, 5) is 11.8. The van der Waals surface area contributed by atoms with Crippen molar-refractivity contribution in [3.8, 4) is 0 Å². The standard InChI is InChI=1S/C13H16F2N2O2.ClH/c1-19-7-9-3-2-4-10(5-9)17-12(18)11-6-13(14,15)8-16-11;/h2-5,11,16H,6-8H2,1H3,(H,17,18);1H. The molecular weight excluding hydrogens is 290 g/mol. The van der Waals surface area contributed by atoms with Crippen molar-refractivity contribution in [1.29, 1.82) is 0 Å². The summed E-state index contributed by atoms with van der Waals surface area (Å²) < 4.78 is 31.0. The van der Waals surface area contributed by atoms with Gasteiger partial charge in [0.15, 0.2) is 0 Å². The van der Waals surface area contributed by atoms with Gasteiger partial charge in [-0.25, -0.2) is 8.78 Å². The topological polar surface area (TPSA) is 50.4 Å². The lowest BCUT2D eigenvalue weighted by Crippen LogP contribution is -2.35. The van der Waals surface area contributed by atoms with Crippen molar-refractivity contribution < 1.29 is 18.3 Å². The third kappa shape index (κ3) is 4.40.